The molecule has 3 aliphatic heterocycles. The summed E-state index contributed by atoms with van der Waals surface area (Å²) in [6.45, 7) is 6.84. The molecule has 2 bridgehead atoms. The molecule has 3 aromatic heterocycles. The molecule has 286 valence electrons. The minimum absolute atomic E-state index is 0.00853. The molecule has 1 fully saturated rings. The zero-order chi connectivity index (χ0) is 38.5. The second kappa shape index (κ2) is 14.3. The van der Waals surface area contributed by atoms with Gasteiger partial charge in [0.25, 0.3) is 11.8 Å². The summed E-state index contributed by atoms with van der Waals surface area (Å²) in [5.41, 5.74) is 17.5. The van der Waals surface area contributed by atoms with E-state index in [2.05, 4.69) is 25.2 Å². The summed E-state index contributed by atoms with van der Waals surface area (Å²) in [5, 5.41) is 15.7. The van der Waals surface area contributed by atoms with Crippen LogP contribution in [0.25, 0.3) is 11.0 Å². The predicted molar refractivity (Wildman–Crippen MR) is 205 cm³/mol. The molecule has 4 aromatic rings. The highest BCUT2D eigenvalue weighted by molar-refractivity contribution is 6.07. The van der Waals surface area contributed by atoms with Gasteiger partial charge < -0.3 is 20.9 Å². The number of hydrogen-bond donors (Lipinski definition) is 4. The van der Waals surface area contributed by atoms with Crippen LogP contribution >= 0.6 is 0 Å². The maximum Gasteiger partial charge on any atom is 0.276 e. The number of aryl methyl sites for hydroxylation is 4. The standard InChI is InChI=1S/C39H46N12O4/c1-4-48-33-27(22(3)47-48)8-6-5-7-17-49-32(18-21(2)46-49)36(54)44-38-42-28-19-23(34(40)52)9-15-30(28)50(38)25-11-13-26(14-12-25)51-31-16-10-24(35(41)53)20-29(31)43-39(51)45-37(33)55/h9-10,16,18-20,25-26,30H,4-8,11-15,17H2,1-3H3,(H2,40,52)(H2,41,53)(H,42,44,54)(H,43,45,55). The quantitative estimate of drug-likeness (QED) is 0.242. The van der Waals surface area contributed by atoms with Crippen molar-refractivity contribution >= 4 is 46.6 Å². The van der Waals surface area contributed by atoms with Crippen LogP contribution in [0.15, 0.2) is 52.7 Å². The number of nitrogens with zero attached hydrogens (tertiary/aromatic N) is 8. The number of nitrogens with one attached hydrogen (secondary N) is 2. The van der Waals surface area contributed by atoms with Gasteiger partial charge in [0.1, 0.15) is 11.4 Å². The second-order valence-corrected chi connectivity index (χ2v) is 14.9. The van der Waals surface area contributed by atoms with Gasteiger partial charge in [0.05, 0.1) is 34.2 Å². The normalized spacial score (nSPS) is 21.8. The van der Waals surface area contributed by atoms with E-state index in [1.54, 1.807) is 33.6 Å². The highest BCUT2D eigenvalue weighted by Crippen LogP contribution is 2.40. The van der Waals surface area contributed by atoms with Crippen LogP contribution in [0.2, 0.25) is 0 Å². The number of carbonyl (C=O) groups excluding carboxylic acids is 4. The highest BCUT2D eigenvalue weighted by atomic mass is 16.2. The van der Waals surface area contributed by atoms with E-state index in [9.17, 15) is 19.2 Å². The fourth-order valence-electron chi connectivity index (χ4n) is 8.73. The third-order valence-electron chi connectivity index (χ3n) is 11.4. The third kappa shape index (κ3) is 6.59. The number of rotatable bonds is 3. The van der Waals surface area contributed by atoms with Crippen molar-refractivity contribution in [2.45, 2.75) is 110 Å². The van der Waals surface area contributed by atoms with Gasteiger partial charge in [-0.25, -0.2) is 9.98 Å². The number of nitrogens with two attached hydrogens (primary N) is 2. The van der Waals surface area contributed by atoms with Crippen LogP contribution in [-0.2, 0) is 24.3 Å². The van der Waals surface area contributed by atoms with E-state index in [0.717, 1.165) is 67.4 Å². The number of fused-ring (bicyclic) bond motifs is 10. The summed E-state index contributed by atoms with van der Waals surface area (Å²) in [6.07, 6.45) is 10.1. The minimum atomic E-state index is -0.558. The van der Waals surface area contributed by atoms with Crippen LogP contribution in [0, 0.1) is 13.8 Å². The molecule has 0 spiro atoms. The first kappa shape index (κ1) is 35.9. The minimum Gasteiger partial charge on any atom is -0.366 e. The Hall–Kier alpha value is -6.06. The van der Waals surface area contributed by atoms with Crippen molar-refractivity contribution in [2.75, 3.05) is 5.32 Å². The Bertz CT molecular complexity index is 2330. The third-order valence-corrected chi connectivity index (χ3v) is 11.4. The van der Waals surface area contributed by atoms with Crippen molar-refractivity contribution in [3.05, 3.63) is 81.6 Å². The Morgan fingerprint density at radius 2 is 1.71 bits per heavy atom. The van der Waals surface area contributed by atoms with Crippen molar-refractivity contribution in [2.24, 2.45) is 16.5 Å². The molecular weight excluding hydrogens is 701 g/mol. The number of amides is 4. The maximum absolute atomic E-state index is 14.3. The number of aromatic nitrogens is 6. The number of aliphatic imine (C=N–C) groups is 1. The summed E-state index contributed by atoms with van der Waals surface area (Å²) >= 11 is 0. The molecule has 0 saturated heterocycles. The first-order valence-corrected chi connectivity index (χ1v) is 19.1. The first-order chi connectivity index (χ1) is 26.5. The number of carbonyl (C=O) groups is 4. The number of primary amides is 2. The molecule has 55 heavy (non-hydrogen) atoms. The largest absolute Gasteiger partial charge is 0.366 e. The van der Waals surface area contributed by atoms with Crippen molar-refractivity contribution in [3.8, 4) is 0 Å². The lowest BCUT2D eigenvalue weighted by Gasteiger charge is -2.40. The number of benzene rings is 1. The first-order valence-electron chi connectivity index (χ1n) is 19.1. The Morgan fingerprint density at radius 3 is 2.45 bits per heavy atom. The number of hydrogen-bond acceptors (Lipinski definition) is 9. The van der Waals surface area contributed by atoms with Crippen LogP contribution < -0.4 is 22.1 Å². The molecule has 16 nitrogen and oxygen atoms in total. The number of imidazole rings is 1. The van der Waals surface area contributed by atoms with E-state index in [1.165, 1.54) is 0 Å². The average molecular weight is 747 g/mol. The zero-order valence-electron chi connectivity index (χ0n) is 31.3. The Morgan fingerprint density at radius 1 is 0.927 bits per heavy atom. The molecule has 1 saturated carbocycles. The van der Waals surface area contributed by atoms with Gasteiger partial charge in [-0.2, -0.15) is 10.2 Å². The van der Waals surface area contributed by atoms with Gasteiger partial charge >= 0.3 is 0 Å². The second-order valence-electron chi connectivity index (χ2n) is 14.9. The maximum atomic E-state index is 14.3. The van der Waals surface area contributed by atoms with Crippen LogP contribution in [0.3, 0.4) is 0 Å². The predicted octanol–water partition coefficient (Wildman–Crippen LogP) is 3.80. The molecule has 9 rings (SSSR count). The SMILES string of the molecule is CCn1nc(C)c2c1C(=O)Nc1nc3cc(C(N)=O)ccc3n1C1CCC(CC1)N1C(=NC3=CC(C(N)=O)=CCC31)NC(=O)c1cc(C)nn1CCCCC2. The molecule has 4 amide bonds. The summed E-state index contributed by atoms with van der Waals surface area (Å²) in [5.74, 6) is -0.828. The Kier molecular flexibility index (Phi) is 9.35. The van der Waals surface area contributed by atoms with Crippen molar-refractivity contribution < 1.29 is 19.2 Å². The lowest BCUT2D eigenvalue weighted by Crippen LogP contribution is -2.52. The van der Waals surface area contributed by atoms with Gasteiger partial charge in [0.2, 0.25) is 23.7 Å². The number of guanidine groups is 1. The Balaban J connectivity index is 1.19. The van der Waals surface area contributed by atoms with Crippen LogP contribution in [0.5, 0.6) is 0 Å². The van der Waals surface area contributed by atoms with E-state index in [1.807, 2.05) is 32.9 Å². The van der Waals surface area contributed by atoms with Crippen LogP contribution in [0.4, 0.5) is 5.95 Å². The van der Waals surface area contributed by atoms with E-state index < -0.39 is 11.8 Å². The van der Waals surface area contributed by atoms with Gasteiger partial charge in [-0.3, -0.25) is 39.2 Å². The molecular formula is C39H46N12O4. The molecule has 6 N–H and O–H groups in total. The van der Waals surface area contributed by atoms with Crippen molar-refractivity contribution in [3.63, 3.8) is 0 Å². The van der Waals surface area contributed by atoms with Gasteiger partial charge in [-0.15, -0.1) is 0 Å². The van der Waals surface area contributed by atoms with Gasteiger partial charge in [-0.05, 0) is 102 Å². The van der Waals surface area contributed by atoms with Gasteiger partial charge in [0.15, 0.2) is 0 Å². The molecule has 0 radical (unpaired) electrons. The molecule has 6 heterocycles. The zero-order valence-corrected chi connectivity index (χ0v) is 31.3. The molecule has 2 aliphatic carbocycles. The van der Waals surface area contributed by atoms with E-state index in [-0.39, 0.29) is 29.9 Å². The molecule has 1 aromatic carbocycles. The van der Waals surface area contributed by atoms with Crippen LogP contribution in [-0.4, -0.2) is 75.7 Å². The average Bonchev–Trinajstić information content (AvgIpc) is 3.91. The Labute approximate surface area is 317 Å². The topological polar surface area (TPSA) is 213 Å². The smallest absolute Gasteiger partial charge is 0.276 e. The summed E-state index contributed by atoms with van der Waals surface area (Å²) in [6, 6.07) is 6.78. The fourth-order valence-corrected chi connectivity index (χ4v) is 8.73. The molecule has 16 heteroatoms. The van der Waals surface area contributed by atoms with Crippen LogP contribution in [0.1, 0.15) is 113 Å². The van der Waals surface area contributed by atoms with E-state index in [4.69, 9.17) is 26.5 Å². The van der Waals surface area contributed by atoms with Gasteiger partial charge in [-0.1, -0.05) is 12.5 Å². The lowest BCUT2D eigenvalue weighted by molar-refractivity contribution is -0.114. The van der Waals surface area contributed by atoms with Crippen molar-refractivity contribution in [1.29, 1.82) is 0 Å². The van der Waals surface area contributed by atoms with E-state index >= 15 is 0 Å². The molecule has 1 atom stereocenters. The highest BCUT2D eigenvalue weighted by Gasteiger charge is 2.41. The van der Waals surface area contributed by atoms with Crippen molar-refractivity contribution in [1.82, 2.24) is 39.3 Å². The molecule has 5 aliphatic rings. The van der Waals surface area contributed by atoms with E-state index in [0.29, 0.717) is 71.6 Å². The lowest BCUT2D eigenvalue weighted by atomic mass is 9.88. The summed E-state index contributed by atoms with van der Waals surface area (Å²) < 4.78 is 5.59. The number of anilines is 1. The summed E-state index contributed by atoms with van der Waals surface area (Å²) in [7, 11) is 0. The monoisotopic (exact) mass is 746 g/mol. The fraction of sp³-hybridized carbons (Fsp3) is 0.436. The summed E-state index contributed by atoms with van der Waals surface area (Å²) in [4.78, 5) is 64.6. The molecule has 1 unspecified atom stereocenters. The van der Waals surface area contributed by atoms with Gasteiger partial charge in [0, 0.05) is 41.9 Å².